The molecule has 0 aliphatic heterocycles. The lowest BCUT2D eigenvalue weighted by Gasteiger charge is -2.19. The van der Waals surface area contributed by atoms with Gasteiger partial charge in [-0.25, -0.2) is 0 Å². The van der Waals surface area contributed by atoms with Gasteiger partial charge in [-0.2, -0.15) is 0 Å². The van der Waals surface area contributed by atoms with E-state index < -0.39 is 0 Å². The van der Waals surface area contributed by atoms with E-state index in [1.807, 2.05) is 31.2 Å². The van der Waals surface area contributed by atoms with Crippen LogP contribution in [0.25, 0.3) is 11.1 Å². The summed E-state index contributed by atoms with van der Waals surface area (Å²) >= 11 is 0. The van der Waals surface area contributed by atoms with Crippen LogP contribution in [0.15, 0.2) is 48.5 Å². The van der Waals surface area contributed by atoms with Crippen LogP contribution in [0.3, 0.4) is 0 Å². The molecule has 2 aromatic rings. The van der Waals surface area contributed by atoms with Gasteiger partial charge in [-0.3, -0.25) is 4.79 Å². The summed E-state index contributed by atoms with van der Waals surface area (Å²) in [6, 6.07) is 16.6. The van der Waals surface area contributed by atoms with Crippen LogP contribution >= 0.6 is 0 Å². The fourth-order valence-electron chi connectivity index (χ4n) is 2.87. The van der Waals surface area contributed by atoms with Crippen LogP contribution in [0.1, 0.15) is 24.0 Å². The summed E-state index contributed by atoms with van der Waals surface area (Å²) in [6.07, 6.45) is -0.146. The van der Waals surface area contributed by atoms with Crippen LogP contribution in [0, 0.1) is 0 Å². The van der Waals surface area contributed by atoms with Crippen molar-refractivity contribution in [2.45, 2.75) is 18.9 Å². The smallest absolute Gasteiger partial charge is 0.293 e. The quantitative estimate of drug-likeness (QED) is 0.766. The molecule has 0 aromatic heterocycles. The molecule has 0 unspecified atom stereocenters. The van der Waals surface area contributed by atoms with Gasteiger partial charge in [-0.15, -0.1) is 0 Å². The van der Waals surface area contributed by atoms with E-state index >= 15 is 0 Å². The Bertz CT molecular complexity index is 544. The molecule has 0 fully saturated rings. The van der Waals surface area contributed by atoms with Crippen LogP contribution < -0.4 is 0 Å². The van der Waals surface area contributed by atoms with E-state index in [2.05, 4.69) is 24.3 Å². The highest BCUT2D eigenvalue weighted by molar-refractivity contribution is 5.79. The molecule has 3 rings (SSSR count). The minimum Gasteiger partial charge on any atom is -0.464 e. The summed E-state index contributed by atoms with van der Waals surface area (Å²) < 4.78 is 5.16. The van der Waals surface area contributed by atoms with Gasteiger partial charge >= 0.3 is 0 Å². The highest BCUT2D eigenvalue weighted by Crippen LogP contribution is 2.46. The molecular weight excluding hydrogens is 224 g/mol. The van der Waals surface area contributed by atoms with Crippen LogP contribution in [-0.2, 0) is 9.53 Å². The monoisotopic (exact) mass is 238 g/mol. The third kappa shape index (κ3) is 1.53. The number of ether oxygens (including phenoxy) is 1. The average molecular weight is 238 g/mol. The predicted octanol–water partition coefficient (Wildman–Crippen LogP) is 3.36. The van der Waals surface area contributed by atoms with Crippen molar-refractivity contribution in [1.82, 2.24) is 0 Å². The number of carbonyl (C=O) groups is 1. The van der Waals surface area contributed by atoms with Crippen molar-refractivity contribution in [3.8, 4) is 11.1 Å². The second-order valence-corrected chi connectivity index (χ2v) is 4.59. The average Bonchev–Trinajstić information content (AvgIpc) is 2.73. The zero-order chi connectivity index (χ0) is 12.5. The third-order valence-electron chi connectivity index (χ3n) is 3.62. The summed E-state index contributed by atoms with van der Waals surface area (Å²) in [6.45, 7) is 2.48. The molecule has 1 atom stereocenters. The van der Waals surface area contributed by atoms with E-state index in [9.17, 15) is 4.79 Å². The van der Waals surface area contributed by atoms with Gasteiger partial charge in [0.25, 0.3) is 6.47 Å². The van der Waals surface area contributed by atoms with E-state index in [-0.39, 0.29) is 12.0 Å². The van der Waals surface area contributed by atoms with Crippen molar-refractivity contribution < 1.29 is 9.53 Å². The fourth-order valence-corrected chi connectivity index (χ4v) is 2.87. The van der Waals surface area contributed by atoms with Crippen molar-refractivity contribution in [3.05, 3.63) is 59.7 Å². The summed E-state index contributed by atoms with van der Waals surface area (Å²) in [5, 5.41) is 0. The summed E-state index contributed by atoms with van der Waals surface area (Å²) in [5.74, 6) is 0.141. The van der Waals surface area contributed by atoms with Gasteiger partial charge < -0.3 is 4.74 Å². The minimum atomic E-state index is -0.146. The van der Waals surface area contributed by atoms with E-state index in [0.29, 0.717) is 6.47 Å². The lowest BCUT2D eigenvalue weighted by atomic mass is 9.92. The van der Waals surface area contributed by atoms with Gasteiger partial charge in [0, 0.05) is 5.92 Å². The molecule has 90 valence electrons. The number of hydrogen-bond donors (Lipinski definition) is 0. The summed E-state index contributed by atoms with van der Waals surface area (Å²) in [5.41, 5.74) is 4.99. The SMILES string of the molecule is C[C@H](OC=O)C1c2ccccc2-c2ccccc21. The molecule has 0 saturated carbocycles. The Morgan fingerprint density at radius 3 is 2.00 bits per heavy atom. The zero-order valence-corrected chi connectivity index (χ0v) is 10.2. The molecule has 1 aliphatic rings. The second-order valence-electron chi connectivity index (χ2n) is 4.59. The molecule has 0 bridgehead atoms. The number of carbonyl (C=O) groups excluding carboxylic acids is 1. The zero-order valence-electron chi connectivity index (χ0n) is 10.2. The molecule has 2 aromatic carbocycles. The van der Waals surface area contributed by atoms with Gasteiger partial charge in [-0.05, 0) is 29.2 Å². The van der Waals surface area contributed by atoms with E-state index in [0.717, 1.165) is 0 Å². The molecular formula is C16H14O2. The first-order chi connectivity index (χ1) is 8.83. The molecule has 1 aliphatic carbocycles. The molecule has 2 heteroatoms. The predicted molar refractivity (Wildman–Crippen MR) is 70.3 cm³/mol. The number of hydrogen-bond acceptors (Lipinski definition) is 2. The fraction of sp³-hybridized carbons (Fsp3) is 0.188. The molecule has 0 spiro atoms. The summed E-state index contributed by atoms with van der Waals surface area (Å²) in [4.78, 5) is 10.6. The topological polar surface area (TPSA) is 26.3 Å². The molecule has 0 saturated heterocycles. The van der Waals surface area contributed by atoms with Gasteiger partial charge in [0.1, 0.15) is 6.10 Å². The van der Waals surface area contributed by atoms with E-state index in [1.54, 1.807) is 0 Å². The van der Waals surface area contributed by atoms with Crippen LogP contribution in [-0.4, -0.2) is 12.6 Å². The lowest BCUT2D eigenvalue weighted by molar-refractivity contribution is -0.133. The normalized spacial score (nSPS) is 14.7. The van der Waals surface area contributed by atoms with Crippen molar-refractivity contribution in [3.63, 3.8) is 0 Å². The lowest BCUT2D eigenvalue weighted by Crippen LogP contribution is -2.17. The summed E-state index contributed by atoms with van der Waals surface area (Å²) in [7, 11) is 0. The maximum Gasteiger partial charge on any atom is 0.293 e. The van der Waals surface area contributed by atoms with Crippen LogP contribution in [0.4, 0.5) is 0 Å². The second kappa shape index (κ2) is 4.30. The van der Waals surface area contributed by atoms with Crippen molar-refractivity contribution >= 4 is 6.47 Å². The Morgan fingerprint density at radius 1 is 1.00 bits per heavy atom. The molecule has 0 amide bonds. The van der Waals surface area contributed by atoms with Gasteiger partial charge in [0.15, 0.2) is 0 Å². The Hall–Kier alpha value is -2.09. The first-order valence-corrected chi connectivity index (χ1v) is 6.10. The maximum atomic E-state index is 10.6. The van der Waals surface area contributed by atoms with Crippen LogP contribution in [0.2, 0.25) is 0 Å². The van der Waals surface area contributed by atoms with Gasteiger partial charge in [0.05, 0.1) is 0 Å². The number of rotatable bonds is 3. The number of fused-ring (bicyclic) bond motifs is 3. The standard InChI is InChI=1S/C16H14O2/c1-11(18-10-17)16-14-8-4-2-6-12(14)13-7-3-5-9-15(13)16/h2-11,16H,1H3/t11-/m0/s1. The van der Waals surface area contributed by atoms with Crippen LogP contribution in [0.5, 0.6) is 0 Å². The first-order valence-electron chi connectivity index (χ1n) is 6.10. The maximum absolute atomic E-state index is 10.6. The highest BCUT2D eigenvalue weighted by atomic mass is 16.5. The molecule has 18 heavy (non-hydrogen) atoms. The van der Waals surface area contributed by atoms with E-state index in [4.69, 9.17) is 4.74 Å². The molecule has 0 heterocycles. The highest BCUT2D eigenvalue weighted by Gasteiger charge is 2.32. The third-order valence-corrected chi connectivity index (χ3v) is 3.62. The Labute approximate surface area is 106 Å². The molecule has 0 N–H and O–H groups in total. The van der Waals surface area contributed by atoms with E-state index in [1.165, 1.54) is 22.3 Å². The van der Waals surface area contributed by atoms with Gasteiger partial charge in [-0.1, -0.05) is 48.5 Å². The Kier molecular flexibility index (Phi) is 2.63. The van der Waals surface area contributed by atoms with Crippen molar-refractivity contribution in [2.75, 3.05) is 0 Å². The van der Waals surface area contributed by atoms with Crippen molar-refractivity contribution in [2.24, 2.45) is 0 Å². The molecule has 2 nitrogen and oxygen atoms in total. The number of benzene rings is 2. The minimum absolute atomic E-state index is 0.141. The molecule has 0 radical (unpaired) electrons. The largest absolute Gasteiger partial charge is 0.464 e. The first kappa shape index (κ1) is 11.0. The van der Waals surface area contributed by atoms with Crippen molar-refractivity contribution in [1.29, 1.82) is 0 Å². The Balaban J connectivity index is 2.17. The Morgan fingerprint density at radius 2 is 1.50 bits per heavy atom. The van der Waals surface area contributed by atoms with Gasteiger partial charge in [0.2, 0.25) is 0 Å².